The minimum atomic E-state index is -0.303. The summed E-state index contributed by atoms with van der Waals surface area (Å²) in [6.07, 6.45) is 1.56. The Bertz CT molecular complexity index is 484. The Morgan fingerprint density at radius 1 is 1.76 bits per heavy atom. The van der Waals surface area contributed by atoms with Crippen LogP contribution >= 0.6 is 23.5 Å². The molecule has 2 amide bonds. The van der Waals surface area contributed by atoms with Gasteiger partial charge in [0.2, 0.25) is 5.91 Å². The van der Waals surface area contributed by atoms with E-state index in [0.29, 0.717) is 16.1 Å². The normalized spacial score (nSPS) is 17.5. The summed E-state index contributed by atoms with van der Waals surface area (Å²) >= 11 is 2.49. The van der Waals surface area contributed by atoms with Gasteiger partial charge in [-0.25, -0.2) is 0 Å². The lowest BCUT2D eigenvalue weighted by atomic mass is 10.7. The molecule has 0 aromatic carbocycles. The van der Waals surface area contributed by atoms with Crippen molar-refractivity contribution in [3.05, 3.63) is 6.33 Å². The van der Waals surface area contributed by atoms with Crippen molar-refractivity contribution in [2.75, 3.05) is 11.5 Å². The number of hydrogen-bond donors (Lipinski definition) is 1. The first-order chi connectivity index (χ1) is 8.15. The lowest BCUT2D eigenvalue weighted by molar-refractivity contribution is -0.116. The predicted octanol–water partition coefficient (Wildman–Crippen LogP) is -0.347. The van der Waals surface area contributed by atoms with E-state index in [0.717, 1.165) is 0 Å². The van der Waals surface area contributed by atoms with Crippen molar-refractivity contribution in [2.24, 2.45) is 12.0 Å². The number of rotatable bonds is 3. The van der Waals surface area contributed by atoms with E-state index >= 15 is 0 Å². The zero-order valence-corrected chi connectivity index (χ0v) is 10.5. The molecule has 2 heterocycles. The van der Waals surface area contributed by atoms with Gasteiger partial charge in [0.25, 0.3) is 5.91 Å². The van der Waals surface area contributed by atoms with Crippen molar-refractivity contribution in [2.45, 2.75) is 5.16 Å². The Morgan fingerprint density at radius 2 is 2.59 bits per heavy atom. The van der Waals surface area contributed by atoms with E-state index in [1.807, 2.05) is 0 Å². The van der Waals surface area contributed by atoms with Crippen LogP contribution < -0.4 is 5.32 Å². The van der Waals surface area contributed by atoms with E-state index in [9.17, 15) is 9.59 Å². The molecule has 1 aliphatic heterocycles. The molecule has 9 heteroatoms. The molecule has 1 aromatic heterocycles. The molecule has 0 saturated carbocycles. The van der Waals surface area contributed by atoms with Gasteiger partial charge in [-0.05, 0) is 0 Å². The lowest BCUT2D eigenvalue weighted by Gasteiger charge is -1.97. The highest BCUT2D eigenvalue weighted by Gasteiger charge is 2.17. The number of aliphatic imine (C=N–C) groups is 1. The summed E-state index contributed by atoms with van der Waals surface area (Å²) in [5.74, 6) is 0.0693. The molecule has 90 valence electrons. The second-order valence-corrected chi connectivity index (χ2v) is 5.07. The Labute approximate surface area is 105 Å². The molecule has 7 nitrogen and oxygen atoms in total. The van der Waals surface area contributed by atoms with Crippen LogP contribution in [0.15, 0.2) is 16.5 Å². The van der Waals surface area contributed by atoms with E-state index in [4.69, 9.17) is 0 Å². The molecule has 0 radical (unpaired) electrons. The van der Waals surface area contributed by atoms with Crippen molar-refractivity contribution in [1.29, 1.82) is 0 Å². The fourth-order valence-corrected chi connectivity index (χ4v) is 2.43. The zero-order valence-electron chi connectivity index (χ0n) is 8.91. The first-order valence-electron chi connectivity index (χ1n) is 4.66. The smallest absolute Gasteiger partial charge is 0.258 e. The van der Waals surface area contributed by atoms with Crippen LogP contribution in [0, 0.1) is 0 Å². The number of amides is 2. The maximum absolute atomic E-state index is 11.5. The van der Waals surface area contributed by atoms with Gasteiger partial charge in [-0.1, -0.05) is 23.5 Å². The molecule has 2 rings (SSSR count). The minimum absolute atomic E-state index is 0.123. The molecule has 0 spiro atoms. The van der Waals surface area contributed by atoms with E-state index in [-0.39, 0.29) is 17.6 Å². The summed E-state index contributed by atoms with van der Waals surface area (Å²) in [4.78, 5) is 26.1. The summed E-state index contributed by atoms with van der Waals surface area (Å²) in [7, 11) is 1.80. The van der Waals surface area contributed by atoms with Gasteiger partial charge in [-0.15, -0.1) is 10.2 Å². The molecule has 1 aliphatic rings. The van der Waals surface area contributed by atoms with E-state index in [1.165, 1.54) is 23.5 Å². The number of hydrogen-bond acceptors (Lipinski definition) is 6. The van der Waals surface area contributed by atoms with Gasteiger partial charge >= 0.3 is 0 Å². The van der Waals surface area contributed by atoms with Crippen LogP contribution in [0.2, 0.25) is 0 Å². The van der Waals surface area contributed by atoms with Gasteiger partial charge in [0.1, 0.15) is 6.33 Å². The van der Waals surface area contributed by atoms with Gasteiger partial charge in [0.05, 0.1) is 11.5 Å². The summed E-state index contributed by atoms with van der Waals surface area (Å²) in [5, 5.41) is 11.1. The average molecular weight is 271 g/mol. The van der Waals surface area contributed by atoms with Gasteiger partial charge in [0.15, 0.2) is 10.3 Å². The molecule has 0 atom stereocenters. The second kappa shape index (κ2) is 5.32. The van der Waals surface area contributed by atoms with E-state index in [1.54, 1.807) is 17.9 Å². The number of nitrogens with zero attached hydrogens (tertiary/aromatic N) is 4. The summed E-state index contributed by atoms with van der Waals surface area (Å²) < 4.78 is 1.72. The van der Waals surface area contributed by atoms with Crippen LogP contribution in [0.25, 0.3) is 0 Å². The average Bonchev–Trinajstić information content (AvgIpc) is 2.85. The topological polar surface area (TPSA) is 89.2 Å². The summed E-state index contributed by atoms with van der Waals surface area (Å²) in [5.41, 5.74) is 0. The molecule has 0 unspecified atom stereocenters. The molecular weight excluding hydrogens is 262 g/mol. The third-order valence-corrected chi connectivity index (χ3v) is 3.70. The van der Waals surface area contributed by atoms with Crippen molar-refractivity contribution in [3.63, 3.8) is 0 Å². The fourth-order valence-electron chi connectivity index (χ4n) is 1.06. The highest BCUT2D eigenvalue weighted by molar-refractivity contribution is 8.15. The van der Waals surface area contributed by atoms with Gasteiger partial charge < -0.3 is 9.88 Å². The molecule has 17 heavy (non-hydrogen) atoms. The third-order valence-electron chi connectivity index (χ3n) is 1.81. The molecule has 1 fully saturated rings. The molecule has 1 saturated heterocycles. The standard InChI is InChI=1S/C8H9N5O2S2/c1-13-4-9-12-8(13)17-3-6(15)11-7-10-5(14)2-16-7/h4H,2-3H2,1H3,(H,10,11,14,15). The largest absolute Gasteiger partial charge is 0.312 e. The Morgan fingerprint density at radius 3 is 3.18 bits per heavy atom. The van der Waals surface area contributed by atoms with Crippen molar-refractivity contribution in [1.82, 2.24) is 20.1 Å². The number of amidine groups is 1. The lowest BCUT2D eigenvalue weighted by Crippen LogP contribution is -2.21. The van der Waals surface area contributed by atoms with E-state index < -0.39 is 0 Å². The Hall–Kier alpha value is -1.35. The summed E-state index contributed by atoms with van der Waals surface area (Å²) in [6.45, 7) is 0. The molecule has 1 aromatic rings. The van der Waals surface area contributed by atoms with Gasteiger partial charge in [-0.3, -0.25) is 9.59 Å². The predicted molar refractivity (Wildman–Crippen MR) is 64.8 cm³/mol. The van der Waals surface area contributed by atoms with Crippen molar-refractivity contribution >= 4 is 40.5 Å². The van der Waals surface area contributed by atoms with Crippen LogP contribution in [0.4, 0.5) is 0 Å². The molecular formula is C8H9N5O2S2. The highest BCUT2D eigenvalue weighted by atomic mass is 32.2. The Balaban J connectivity index is 1.86. The van der Waals surface area contributed by atoms with Crippen molar-refractivity contribution in [3.8, 4) is 0 Å². The second-order valence-electron chi connectivity index (χ2n) is 3.16. The number of aryl methyl sites for hydroxylation is 1. The number of nitrogens with one attached hydrogen (secondary N) is 1. The minimum Gasteiger partial charge on any atom is -0.312 e. The molecule has 0 bridgehead atoms. The van der Waals surface area contributed by atoms with Gasteiger partial charge in [-0.2, -0.15) is 4.99 Å². The quantitative estimate of drug-likeness (QED) is 0.756. The number of carbonyl (C=O) groups is 2. The number of aromatic nitrogens is 3. The van der Waals surface area contributed by atoms with Crippen LogP contribution in [-0.2, 0) is 16.6 Å². The number of carbonyl (C=O) groups excluding carboxylic acids is 2. The first-order valence-corrected chi connectivity index (χ1v) is 6.63. The van der Waals surface area contributed by atoms with Gasteiger partial charge in [0, 0.05) is 7.05 Å². The van der Waals surface area contributed by atoms with Crippen LogP contribution in [-0.4, -0.2) is 43.3 Å². The molecule has 0 aliphatic carbocycles. The van der Waals surface area contributed by atoms with Crippen molar-refractivity contribution < 1.29 is 9.59 Å². The van der Waals surface area contributed by atoms with E-state index in [2.05, 4.69) is 20.5 Å². The molecule has 1 N–H and O–H groups in total. The maximum atomic E-state index is 11.5. The Kier molecular flexibility index (Phi) is 3.79. The summed E-state index contributed by atoms with van der Waals surface area (Å²) in [6, 6.07) is 0. The van der Waals surface area contributed by atoms with Crippen LogP contribution in [0.1, 0.15) is 0 Å². The highest BCUT2D eigenvalue weighted by Crippen LogP contribution is 2.14. The third kappa shape index (κ3) is 3.30. The van der Waals surface area contributed by atoms with Crippen LogP contribution in [0.5, 0.6) is 0 Å². The SMILES string of the molecule is Cn1cnnc1SCC(=O)N=C1NC(=O)CS1. The monoisotopic (exact) mass is 271 g/mol. The number of thioether (sulfide) groups is 2. The first kappa shape index (κ1) is 12.1. The zero-order chi connectivity index (χ0) is 12.3. The fraction of sp³-hybridized carbons (Fsp3) is 0.375. The maximum Gasteiger partial charge on any atom is 0.258 e. The van der Waals surface area contributed by atoms with Crippen LogP contribution in [0.3, 0.4) is 0 Å².